The van der Waals surface area contributed by atoms with E-state index in [-0.39, 0.29) is 6.03 Å². The number of aryl methyl sites for hydroxylation is 1. The average molecular weight is 269 g/mol. The molecular formula is C14H15N5O. The van der Waals surface area contributed by atoms with Crippen LogP contribution in [0.4, 0.5) is 22.0 Å². The van der Waals surface area contributed by atoms with Gasteiger partial charge in [0.15, 0.2) is 0 Å². The molecule has 0 radical (unpaired) electrons. The molecule has 6 heteroatoms. The molecule has 2 N–H and O–H groups in total. The van der Waals surface area contributed by atoms with Crippen molar-refractivity contribution in [3.8, 4) is 0 Å². The van der Waals surface area contributed by atoms with Crippen LogP contribution in [0.15, 0.2) is 36.8 Å². The van der Waals surface area contributed by atoms with Gasteiger partial charge in [0, 0.05) is 31.5 Å². The largest absolute Gasteiger partial charge is 0.384 e. The SMILES string of the molecule is Cc1ccncc1N1CCN(c2ccnc(N)c2)C1=O. The first kappa shape index (κ1) is 12.4. The van der Waals surface area contributed by atoms with E-state index in [4.69, 9.17) is 5.73 Å². The summed E-state index contributed by atoms with van der Waals surface area (Å²) in [6.07, 6.45) is 5.05. The van der Waals surface area contributed by atoms with E-state index >= 15 is 0 Å². The zero-order valence-corrected chi connectivity index (χ0v) is 11.2. The molecule has 1 aliphatic rings. The molecular weight excluding hydrogens is 254 g/mol. The first-order valence-electron chi connectivity index (χ1n) is 6.38. The van der Waals surface area contributed by atoms with Crippen molar-refractivity contribution in [3.05, 3.63) is 42.4 Å². The molecule has 6 nitrogen and oxygen atoms in total. The van der Waals surface area contributed by atoms with Gasteiger partial charge in [-0.25, -0.2) is 9.78 Å². The highest BCUT2D eigenvalue weighted by atomic mass is 16.2. The highest BCUT2D eigenvalue weighted by Gasteiger charge is 2.31. The molecule has 0 aromatic carbocycles. The summed E-state index contributed by atoms with van der Waals surface area (Å²) < 4.78 is 0. The Balaban J connectivity index is 1.90. The molecule has 20 heavy (non-hydrogen) atoms. The number of urea groups is 1. The number of hydrogen-bond donors (Lipinski definition) is 1. The summed E-state index contributed by atoms with van der Waals surface area (Å²) in [5.74, 6) is 0.409. The number of carbonyl (C=O) groups is 1. The molecule has 2 aromatic heterocycles. The van der Waals surface area contributed by atoms with Crippen LogP contribution in [0, 0.1) is 6.92 Å². The Morgan fingerprint density at radius 1 is 1.20 bits per heavy atom. The fourth-order valence-corrected chi connectivity index (χ4v) is 2.34. The number of anilines is 3. The summed E-state index contributed by atoms with van der Waals surface area (Å²) in [6, 6.07) is 5.33. The van der Waals surface area contributed by atoms with Gasteiger partial charge in [-0.3, -0.25) is 14.8 Å². The minimum Gasteiger partial charge on any atom is -0.384 e. The van der Waals surface area contributed by atoms with Crippen LogP contribution < -0.4 is 15.5 Å². The van der Waals surface area contributed by atoms with Crippen molar-refractivity contribution in [3.63, 3.8) is 0 Å². The molecule has 2 aromatic rings. The molecule has 1 fully saturated rings. The highest BCUT2D eigenvalue weighted by Crippen LogP contribution is 2.26. The van der Waals surface area contributed by atoms with Crippen molar-refractivity contribution in [2.75, 3.05) is 28.6 Å². The number of nitrogen functional groups attached to an aromatic ring is 1. The molecule has 0 saturated carbocycles. The fraction of sp³-hybridized carbons (Fsp3) is 0.214. The van der Waals surface area contributed by atoms with Crippen molar-refractivity contribution in [2.24, 2.45) is 0 Å². The second kappa shape index (κ2) is 4.80. The second-order valence-corrected chi connectivity index (χ2v) is 4.69. The smallest absolute Gasteiger partial charge is 0.329 e. The fourth-order valence-electron chi connectivity index (χ4n) is 2.34. The third-order valence-electron chi connectivity index (χ3n) is 3.39. The Morgan fingerprint density at radius 3 is 2.75 bits per heavy atom. The van der Waals surface area contributed by atoms with Gasteiger partial charge in [0.1, 0.15) is 5.82 Å². The maximum absolute atomic E-state index is 12.5. The van der Waals surface area contributed by atoms with E-state index in [2.05, 4.69) is 9.97 Å². The highest BCUT2D eigenvalue weighted by molar-refractivity contribution is 6.06. The van der Waals surface area contributed by atoms with Crippen LogP contribution in [0.5, 0.6) is 0 Å². The Morgan fingerprint density at radius 2 is 2.00 bits per heavy atom. The number of carbonyl (C=O) groups excluding carboxylic acids is 1. The van der Waals surface area contributed by atoms with E-state index in [1.165, 1.54) is 0 Å². The van der Waals surface area contributed by atoms with Gasteiger partial charge >= 0.3 is 6.03 Å². The van der Waals surface area contributed by atoms with Crippen LogP contribution in [-0.4, -0.2) is 29.1 Å². The van der Waals surface area contributed by atoms with E-state index < -0.39 is 0 Å². The summed E-state index contributed by atoms with van der Waals surface area (Å²) >= 11 is 0. The molecule has 0 spiro atoms. The van der Waals surface area contributed by atoms with Crippen LogP contribution in [0.1, 0.15) is 5.56 Å². The minimum atomic E-state index is -0.0632. The minimum absolute atomic E-state index is 0.0632. The molecule has 1 saturated heterocycles. The third kappa shape index (κ3) is 2.05. The first-order valence-corrected chi connectivity index (χ1v) is 6.38. The lowest BCUT2D eigenvalue weighted by Crippen LogP contribution is -2.32. The zero-order valence-electron chi connectivity index (χ0n) is 11.2. The predicted molar refractivity (Wildman–Crippen MR) is 77.7 cm³/mol. The number of nitrogens with two attached hydrogens (primary N) is 1. The maximum Gasteiger partial charge on any atom is 0.329 e. The molecule has 102 valence electrons. The summed E-state index contributed by atoms with van der Waals surface area (Å²) in [5, 5.41) is 0. The summed E-state index contributed by atoms with van der Waals surface area (Å²) in [4.78, 5) is 24.0. The Hall–Kier alpha value is -2.63. The van der Waals surface area contributed by atoms with Crippen LogP contribution in [-0.2, 0) is 0 Å². The van der Waals surface area contributed by atoms with Gasteiger partial charge in [-0.05, 0) is 24.6 Å². The van der Waals surface area contributed by atoms with Gasteiger partial charge in [-0.1, -0.05) is 0 Å². The van der Waals surface area contributed by atoms with E-state index in [0.29, 0.717) is 18.9 Å². The standard InChI is InChI=1S/C14H15N5O/c1-10-2-4-16-9-12(10)19-7-6-18(14(19)20)11-3-5-17-13(15)8-11/h2-5,8-9H,6-7H2,1H3,(H2,15,17). The van der Waals surface area contributed by atoms with Gasteiger partial charge < -0.3 is 5.73 Å². The van der Waals surface area contributed by atoms with Crippen molar-refractivity contribution in [1.82, 2.24) is 9.97 Å². The number of rotatable bonds is 2. The van der Waals surface area contributed by atoms with E-state index in [9.17, 15) is 4.79 Å². The van der Waals surface area contributed by atoms with E-state index in [1.807, 2.05) is 13.0 Å². The van der Waals surface area contributed by atoms with E-state index in [1.54, 1.807) is 40.5 Å². The Bertz CT molecular complexity index is 658. The van der Waals surface area contributed by atoms with Crippen LogP contribution in [0.2, 0.25) is 0 Å². The zero-order chi connectivity index (χ0) is 14.1. The van der Waals surface area contributed by atoms with Crippen LogP contribution in [0.25, 0.3) is 0 Å². The number of pyridine rings is 2. The van der Waals surface area contributed by atoms with E-state index in [0.717, 1.165) is 16.9 Å². The predicted octanol–water partition coefficient (Wildman–Crippen LogP) is 1.81. The topological polar surface area (TPSA) is 75.3 Å². The molecule has 0 unspecified atom stereocenters. The summed E-state index contributed by atoms with van der Waals surface area (Å²) in [6.45, 7) is 3.22. The maximum atomic E-state index is 12.5. The monoisotopic (exact) mass is 269 g/mol. The number of hydrogen-bond acceptors (Lipinski definition) is 4. The molecule has 0 aliphatic carbocycles. The molecule has 2 amide bonds. The molecule has 0 atom stereocenters. The van der Waals surface area contributed by atoms with Crippen LogP contribution in [0.3, 0.4) is 0 Å². The summed E-state index contributed by atoms with van der Waals surface area (Å²) in [5.41, 5.74) is 8.32. The van der Waals surface area contributed by atoms with Gasteiger partial charge in [-0.15, -0.1) is 0 Å². The Kier molecular flexibility index (Phi) is 2.98. The van der Waals surface area contributed by atoms with Crippen molar-refractivity contribution in [1.29, 1.82) is 0 Å². The van der Waals surface area contributed by atoms with Crippen molar-refractivity contribution < 1.29 is 4.79 Å². The van der Waals surface area contributed by atoms with Crippen LogP contribution >= 0.6 is 0 Å². The Labute approximate surface area is 116 Å². The first-order chi connectivity index (χ1) is 9.66. The van der Waals surface area contributed by atoms with Gasteiger partial charge in [0.05, 0.1) is 17.6 Å². The summed E-state index contributed by atoms with van der Waals surface area (Å²) in [7, 11) is 0. The van der Waals surface area contributed by atoms with Gasteiger partial charge in [0.25, 0.3) is 0 Å². The lowest BCUT2D eigenvalue weighted by Gasteiger charge is -2.19. The van der Waals surface area contributed by atoms with Crippen molar-refractivity contribution in [2.45, 2.75) is 6.92 Å². The molecule has 3 rings (SSSR count). The number of amides is 2. The van der Waals surface area contributed by atoms with Gasteiger partial charge in [-0.2, -0.15) is 0 Å². The quantitative estimate of drug-likeness (QED) is 0.902. The average Bonchev–Trinajstić information content (AvgIpc) is 2.81. The third-order valence-corrected chi connectivity index (χ3v) is 3.39. The van der Waals surface area contributed by atoms with Gasteiger partial charge in [0.2, 0.25) is 0 Å². The molecule has 0 bridgehead atoms. The normalized spacial score (nSPS) is 14.9. The number of nitrogens with zero attached hydrogens (tertiary/aromatic N) is 4. The molecule has 3 heterocycles. The number of aromatic nitrogens is 2. The second-order valence-electron chi connectivity index (χ2n) is 4.69. The lowest BCUT2D eigenvalue weighted by atomic mass is 10.2. The molecule has 1 aliphatic heterocycles. The van der Waals surface area contributed by atoms with Crippen molar-refractivity contribution >= 4 is 23.2 Å². The lowest BCUT2D eigenvalue weighted by molar-refractivity contribution is 0.256.